The van der Waals surface area contributed by atoms with Gasteiger partial charge in [0.1, 0.15) is 0 Å². The maximum atomic E-state index is 11.4. The fraction of sp³-hybridized carbons (Fsp3) is 0.680. The van der Waals surface area contributed by atoms with Crippen molar-refractivity contribution in [2.75, 3.05) is 12.9 Å². The molecule has 0 aliphatic heterocycles. The first-order valence-electron chi connectivity index (χ1n) is 11.6. The largest absolute Gasteiger partial charge is 0.481 e. The molecule has 1 rings (SSSR count). The van der Waals surface area contributed by atoms with Gasteiger partial charge in [0.25, 0.3) is 0 Å². The molecule has 1 aromatic carbocycles. The van der Waals surface area contributed by atoms with Crippen LogP contribution in [0.4, 0.5) is 0 Å². The van der Waals surface area contributed by atoms with E-state index in [1.165, 1.54) is 63.2 Å². The lowest BCUT2D eigenvalue weighted by atomic mass is 10.0. The molecule has 4 nitrogen and oxygen atoms in total. The van der Waals surface area contributed by atoms with Crippen molar-refractivity contribution in [1.29, 1.82) is 0 Å². The number of carboxylic acids is 1. The van der Waals surface area contributed by atoms with E-state index in [0.717, 1.165) is 25.0 Å². The second-order valence-corrected chi connectivity index (χ2v) is 9.25. The van der Waals surface area contributed by atoms with Gasteiger partial charge in [-0.2, -0.15) is 11.8 Å². The molecule has 1 atom stereocenters. The number of aryl methyl sites for hydroxylation is 1. The average Bonchev–Trinajstić information content (AvgIpc) is 2.75. The Bertz CT molecular complexity index is 585. The predicted molar refractivity (Wildman–Crippen MR) is 126 cm³/mol. The smallest absolute Gasteiger partial charge is 0.306 e. The number of thioether (sulfide) groups is 1. The summed E-state index contributed by atoms with van der Waals surface area (Å²) in [4.78, 5) is 22.2. The molecule has 0 fully saturated rings. The van der Waals surface area contributed by atoms with E-state index in [4.69, 9.17) is 9.84 Å². The average molecular weight is 437 g/mol. The minimum absolute atomic E-state index is 0.183. The summed E-state index contributed by atoms with van der Waals surface area (Å²) in [6.45, 7) is 2.25. The Balaban J connectivity index is 2.47. The molecule has 1 aromatic rings. The topological polar surface area (TPSA) is 63.6 Å². The van der Waals surface area contributed by atoms with Gasteiger partial charge in [0.05, 0.1) is 13.5 Å². The van der Waals surface area contributed by atoms with Crippen molar-refractivity contribution in [3.8, 4) is 0 Å². The van der Waals surface area contributed by atoms with Crippen molar-refractivity contribution in [2.24, 2.45) is 0 Å². The van der Waals surface area contributed by atoms with Gasteiger partial charge in [-0.05, 0) is 36.8 Å². The number of benzene rings is 1. The third-order valence-corrected chi connectivity index (χ3v) is 6.73. The van der Waals surface area contributed by atoms with E-state index in [9.17, 15) is 9.59 Å². The molecule has 0 heterocycles. The number of aliphatic carboxylic acids is 1. The summed E-state index contributed by atoms with van der Waals surface area (Å²) in [6, 6.07) is 8.89. The molecular weight excluding hydrogens is 396 g/mol. The van der Waals surface area contributed by atoms with Crippen molar-refractivity contribution in [3.63, 3.8) is 0 Å². The normalized spacial score (nSPS) is 11.9. The van der Waals surface area contributed by atoms with Crippen LogP contribution in [0.1, 0.15) is 100 Å². The Morgan fingerprint density at radius 1 is 0.933 bits per heavy atom. The van der Waals surface area contributed by atoms with E-state index in [2.05, 4.69) is 31.2 Å². The number of carbonyl (C=O) groups is 2. The monoisotopic (exact) mass is 436 g/mol. The lowest BCUT2D eigenvalue weighted by molar-refractivity contribution is -0.140. The molecular formula is C25H40O4S. The van der Waals surface area contributed by atoms with E-state index in [-0.39, 0.29) is 17.6 Å². The number of carbonyl (C=O) groups excluding carboxylic acids is 1. The van der Waals surface area contributed by atoms with Crippen molar-refractivity contribution in [2.45, 2.75) is 95.6 Å². The first kappa shape index (κ1) is 26.5. The maximum Gasteiger partial charge on any atom is 0.306 e. The number of ether oxygens (including phenoxy) is 1. The summed E-state index contributed by atoms with van der Waals surface area (Å²) in [5, 5.41) is 9.13. The molecule has 170 valence electrons. The zero-order valence-electron chi connectivity index (χ0n) is 18.9. The molecule has 0 spiro atoms. The van der Waals surface area contributed by atoms with Gasteiger partial charge in [0.2, 0.25) is 0 Å². The van der Waals surface area contributed by atoms with Crippen LogP contribution in [0.5, 0.6) is 0 Å². The van der Waals surface area contributed by atoms with Gasteiger partial charge in [-0.3, -0.25) is 9.59 Å². The van der Waals surface area contributed by atoms with Crippen LogP contribution in [0.3, 0.4) is 0 Å². The summed E-state index contributed by atoms with van der Waals surface area (Å²) in [5.74, 6) is -0.201. The van der Waals surface area contributed by atoms with Crippen LogP contribution in [0.25, 0.3) is 0 Å². The van der Waals surface area contributed by atoms with E-state index >= 15 is 0 Å². The molecule has 1 N–H and O–H groups in total. The molecule has 0 radical (unpaired) electrons. The van der Waals surface area contributed by atoms with Crippen LogP contribution in [0.15, 0.2) is 24.3 Å². The van der Waals surface area contributed by atoms with Crippen LogP contribution in [-0.4, -0.2) is 29.9 Å². The number of hydrogen-bond donors (Lipinski definition) is 1. The van der Waals surface area contributed by atoms with Gasteiger partial charge >= 0.3 is 11.9 Å². The molecule has 1 unspecified atom stereocenters. The highest BCUT2D eigenvalue weighted by Gasteiger charge is 2.14. The van der Waals surface area contributed by atoms with E-state index in [1.54, 1.807) is 11.8 Å². The number of esters is 1. The van der Waals surface area contributed by atoms with Crippen molar-refractivity contribution >= 4 is 23.7 Å². The van der Waals surface area contributed by atoms with Gasteiger partial charge in [-0.25, -0.2) is 0 Å². The summed E-state index contributed by atoms with van der Waals surface area (Å²) in [6.07, 6.45) is 13.5. The lowest BCUT2D eigenvalue weighted by Gasteiger charge is -2.17. The number of methoxy groups -OCH3 is 1. The number of carboxylic acid groups (broad SMARTS) is 1. The van der Waals surface area contributed by atoms with Gasteiger partial charge in [-0.15, -0.1) is 0 Å². The fourth-order valence-electron chi connectivity index (χ4n) is 3.52. The van der Waals surface area contributed by atoms with Crippen molar-refractivity contribution in [3.05, 3.63) is 35.4 Å². The van der Waals surface area contributed by atoms with Crippen LogP contribution in [-0.2, 0) is 20.7 Å². The minimum Gasteiger partial charge on any atom is -0.481 e. The number of hydrogen-bond acceptors (Lipinski definition) is 4. The highest BCUT2D eigenvalue weighted by Crippen LogP contribution is 2.34. The quantitative estimate of drug-likeness (QED) is 0.199. The van der Waals surface area contributed by atoms with Crippen LogP contribution >= 0.6 is 11.8 Å². The number of rotatable bonds is 18. The minimum atomic E-state index is -0.736. The highest BCUT2D eigenvalue weighted by atomic mass is 32.2. The zero-order chi connectivity index (χ0) is 22.0. The molecule has 0 aliphatic carbocycles. The zero-order valence-corrected chi connectivity index (χ0v) is 19.7. The molecule has 30 heavy (non-hydrogen) atoms. The first-order valence-corrected chi connectivity index (χ1v) is 12.6. The summed E-state index contributed by atoms with van der Waals surface area (Å²) in [7, 11) is 1.42. The Morgan fingerprint density at radius 2 is 1.60 bits per heavy atom. The maximum absolute atomic E-state index is 11.4. The summed E-state index contributed by atoms with van der Waals surface area (Å²) >= 11 is 1.77. The third kappa shape index (κ3) is 12.9. The molecule has 0 saturated heterocycles. The van der Waals surface area contributed by atoms with Crippen LogP contribution < -0.4 is 0 Å². The highest BCUT2D eigenvalue weighted by molar-refractivity contribution is 7.99. The van der Waals surface area contributed by atoms with Crippen LogP contribution in [0, 0.1) is 0 Å². The summed E-state index contributed by atoms with van der Waals surface area (Å²) in [5.41, 5.74) is 2.65. The summed E-state index contributed by atoms with van der Waals surface area (Å²) < 4.78 is 4.73. The molecule has 0 saturated carbocycles. The van der Waals surface area contributed by atoms with E-state index in [1.807, 2.05) is 0 Å². The third-order valence-electron chi connectivity index (χ3n) is 5.38. The van der Waals surface area contributed by atoms with E-state index < -0.39 is 5.97 Å². The Labute approximate surface area is 187 Å². The first-order chi connectivity index (χ1) is 14.6. The molecule has 0 bridgehead atoms. The van der Waals surface area contributed by atoms with Gasteiger partial charge in [-0.1, -0.05) is 76.1 Å². The Kier molecular flexibility index (Phi) is 15.2. The Hall–Kier alpha value is -1.49. The lowest BCUT2D eigenvalue weighted by Crippen LogP contribution is -2.04. The van der Waals surface area contributed by atoms with Gasteiger partial charge in [0, 0.05) is 17.4 Å². The SMILES string of the molecule is CCCCCCCCCc1ccc(C(CCCCC(=O)O)SCCC(=O)OC)cc1. The molecule has 5 heteroatoms. The van der Waals surface area contributed by atoms with Crippen molar-refractivity contribution in [1.82, 2.24) is 0 Å². The predicted octanol–water partition coefficient (Wildman–Crippen LogP) is 6.96. The second-order valence-electron chi connectivity index (χ2n) is 7.94. The van der Waals surface area contributed by atoms with Gasteiger partial charge < -0.3 is 9.84 Å². The molecule has 0 aliphatic rings. The van der Waals surface area contributed by atoms with E-state index in [0.29, 0.717) is 12.8 Å². The number of unbranched alkanes of at least 4 members (excludes halogenated alkanes) is 7. The van der Waals surface area contributed by atoms with Gasteiger partial charge in [0.15, 0.2) is 0 Å². The second kappa shape index (κ2) is 17.2. The van der Waals surface area contributed by atoms with Crippen molar-refractivity contribution < 1.29 is 19.4 Å². The standard InChI is InChI=1S/C25H40O4S/c1-3-4-5-6-7-8-9-12-21-15-17-22(18-16-21)23(13-10-11-14-24(26)27)30-20-19-25(28)29-2/h15-18,23H,3-14,19-20H2,1-2H3,(H,26,27). The molecule has 0 amide bonds. The van der Waals surface area contributed by atoms with Crippen LogP contribution in [0.2, 0.25) is 0 Å². The molecule has 0 aromatic heterocycles. The Morgan fingerprint density at radius 3 is 2.23 bits per heavy atom. The fourth-order valence-corrected chi connectivity index (χ4v) is 4.78.